The molecule has 1 heterocycles. The summed E-state index contributed by atoms with van der Waals surface area (Å²) in [6.07, 6.45) is 2.33. The average Bonchev–Trinajstić information content (AvgIpc) is 2.92. The topological polar surface area (TPSA) is 12.0 Å². The Bertz CT molecular complexity index is 556. The van der Waals surface area contributed by atoms with Gasteiger partial charge in [0.25, 0.3) is 0 Å². The monoisotopic (exact) mass is 287 g/mol. The number of thiophene rings is 1. The number of rotatable bonds is 6. The minimum atomic E-state index is 0.500. The van der Waals surface area contributed by atoms with Gasteiger partial charge >= 0.3 is 0 Å². The molecule has 0 saturated heterocycles. The van der Waals surface area contributed by atoms with E-state index in [2.05, 4.69) is 63.3 Å². The molecule has 2 aromatic rings. The SMILES string of the molecule is CCCNC(CC)c1ccc(-c2ccc(C)c(C)c2)s1. The Labute approximate surface area is 127 Å². The van der Waals surface area contributed by atoms with Crippen molar-refractivity contribution >= 4 is 11.3 Å². The highest BCUT2D eigenvalue weighted by atomic mass is 32.1. The lowest BCUT2D eigenvalue weighted by Gasteiger charge is -2.14. The summed E-state index contributed by atoms with van der Waals surface area (Å²) in [4.78, 5) is 2.83. The van der Waals surface area contributed by atoms with Gasteiger partial charge in [-0.25, -0.2) is 0 Å². The molecule has 1 unspecified atom stereocenters. The van der Waals surface area contributed by atoms with Crippen molar-refractivity contribution in [1.29, 1.82) is 0 Å². The predicted octanol–water partition coefficient (Wildman–Crippen LogP) is 5.48. The Kier molecular flexibility index (Phi) is 5.38. The molecular weight excluding hydrogens is 262 g/mol. The third kappa shape index (κ3) is 3.50. The molecule has 1 N–H and O–H groups in total. The molecule has 1 aromatic heterocycles. The third-order valence-corrected chi connectivity index (χ3v) is 5.06. The number of hydrogen-bond donors (Lipinski definition) is 1. The second-order valence-electron chi connectivity index (χ2n) is 5.42. The van der Waals surface area contributed by atoms with Gasteiger partial charge < -0.3 is 5.32 Å². The van der Waals surface area contributed by atoms with Crippen LogP contribution < -0.4 is 5.32 Å². The molecule has 1 nitrogen and oxygen atoms in total. The van der Waals surface area contributed by atoms with Gasteiger partial charge in [-0.15, -0.1) is 11.3 Å². The average molecular weight is 287 g/mol. The molecule has 0 radical (unpaired) electrons. The minimum absolute atomic E-state index is 0.500. The Balaban J connectivity index is 2.20. The van der Waals surface area contributed by atoms with Crippen molar-refractivity contribution in [3.63, 3.8) is 0 Å². The van der Waals surface area contributed by atoms with Crippen LogP contribution in [0, 0.1) is 13.8 Å². The van der Waals surface area contributed by atoms with Crippen molar-refractivity contribution in [2.24, 2.45) is 0 Å². The first-order chi connectivity index (χ1) is 9.65. The van der Waals surface area contributed by atoms with Gasteiger partial charge in [0.15, 0.2) is 0 Å². The van der Waals surface area contributed by atoms with Crippen molar-refractivity contribution < 1.29 is 0 Å². The molecule has 0 saturated carbocycles. The highest BCUT2D eigenvalue weighted by Gasteiger charge is 2.12. The lowest BCUT2D eigenvalue weighted by Crippen LogP contribution is -2.20. The van der Waals surface area contributed by atoms with E-state index in [0.29, 0.717) is 6.04 Å². The zero-order chi connectivity index (χ0) is 14.5. The molecule has 0 aliphatic rings. The summed E-state index contributed by atoms with van der Waals surface area (Å²) in [7, 11) is 0. The molecule has 0 aliphatic heterocycles. The summed E-state index contributed by atoms with van der Waals surface area (Å²) in [6, 6.07) is 11.8. The smallest absolute Gasteiger partial charge is 0.0412 e. The molecule has 20 heavy (non-hydrogen) atoms. The second kappa shape index (κ2) is 7.05. The van der Waals surface area contributed by atoms with E-state index in [-0.39, 0.29) is 0 Å². The van der Waals surface area contributed by atoms with Crippen LogP contribution in [0.4, 0.5) is 0 Å². The first-order valence-electron chi connectivity index (χ1n) is 7.56. The molecule has 0 bridgehead atoms. The lowest BCUT2D eigenvalue weighted by atomic mass is 10.1. The van der Waals surface area contributed by atoms with Crippen molar-refractivity contribution in [1.82, 2.24) is 5.32 Å². The van der Waals surface area contributed by atoms with Gasteiger partial charge in [-0.2, -0.15) is 0 Å². The lowest BCUT2D eigenvalue weighted by molar-refractivity contribution is 0.525. The summed E-state index contributed by atoms with van der Waals surface area (Å²) in [5.41, 5.74) is 4.07. The molecule has 1 aromatic carbocycles. The van der Waals surface area contributed by atoms with E-state index >= 15 is 0 Å². The van der Waals surface area contributed by atoms with Crippen LogP contribution in [0.15, 0.2) is 30.3 Å². The fourth-order valence-electron chi connectivity index (χ4n) is 2.35. The molecular formula is C18H25NS. The molecule has 0 amide bonds. The highest BCUT2D eigenvalue weighted by Crippen LogP contribution is 2.33. The number of benzene rings is 1. The molecule has 2 heteroatoms. The molecule has 0 spiro atoms. The first kappa shape index (κ1) is 15.3. The first-order valence-corrected chi connectivity index (χ1v) is 8.38. The van der Waals surface area contributed by atoms with Gasteiger partial charge in [0.2, 0.25) is 0 Å². The van der Waals surface area contributed by atoms with Crippen LogP contribution in [0.2, 0.25) is 0 Å². The van der Waals surface area contributed by atoms with Crippen LogP contribution in [0.25, 0.3) is 10.4 Å². The van der Waals surface area contributed by atoms with E-state index in [9.17, 15) is 0 Å². The molecule has 0 aliphatic carbocycles. The maximum Gasteiger partial charge on any atom is 0.0412 e. The van der Waals surface area contributed by atoms with Gasteiger partial charge in [0, 0.05) is 15.8 Å². The van der Waals surface area contributed by atoms with Crippen LogP contribution in [0.1, 0.15) is 48.7 Å². The van der Waals surface area contributed by atoms with Gasteiger partial charge in [0.1, 0.15) is 0 Å². The summed E-state index contributed by atoms with van der Waals surface area (Å²) in [5.74, 6) is 0. The highest BCUT2D eigenvalue weighted by molar-refractivity contribution is 7.15. The van der Waals surface area contributed by atoms with Crippen LogP contribution in [0.3, 0.4) is 0 Å². The summed E-state index contributed by atoms with van der Waals surface area (Å²) in [5, 5.41) is 3.63. The standard InChI is InChI=1S/C18H25NS/c1-5-11-19-16(6-2)18-10-9-17(20-18)15-8-7-13(3)14(4)12-15/h7-10,12,16,19H,5-6,11H2,1-4H3. The largest absolute Gasteiger partial charge is 0.309 e. The fraction of sp³-hybridized carbons (Fsp3) is 0.444. The van der Waals surface area contributed by atoms with Crippen molar-refractivity contribution in [3.8, 4) is 10.4 Å². The predicted molar refractivity (Wildman–Crippen MR) is 90.6 cm³/mol. The number of nitrogens with one attached hydrogen (secondary N) is 1. The van der Waals surface area contributed by atoms with Gasteiger partial charge in [-0.3, -0.25) is 0 Å². The normalized spacial score (nSPS) is 12.6. The minimum Gasteiger partial charge on any atom is -0.309 e. The summed E-state index contributed by atoms with van der Waals surface area (Å²) in [6.45, 7) is 9.92. The van der Waals surface area contributed by atoms with E-state index in [1.807, 2.05) is 11.3 Å². The van der Waals surface area contributed by atoms with Crippen LogP contribution in [0.5, 0.6) is 0 Å². The van der Waals surface area contributed by atoms with E-state index in [1.54, 1.807) is 0 Å². The Morgan fingerprint density at radius 1 is 1.05 bits per heavy atom. The van der Waals surface area contributed by atoms with Crippen LogP contribution in [-0.4, -0.2) is 6.54 Å². The van der Waals surface area contributed by atoms with Crippen molar-refractivity contribution in [3.05, 3.63) is 46.3 Å². The quantitative estimate of drug-likeness (QED) is 0.741. The summed E-state index contributed by atoms with van der Waals surface area (Å²) < 4.78 is 0. The molecule has 108 valence electrons. The number of aryl methyl sites for hydroxylation is 2. The third-order valence-electron chi connectivity index (χ3n) is 3.81. The Morgan fingerprint density at radius 2 is 1.85 bits per heavy atom. The molecule has 2 rings (SSSR count). The Hall–Kier alpha value is -1.12. The summed E-state index contributed by atoms with van der Waals surface area (Å²) >= 11 is 1.92. The number of hydrogen-bond acceptors (Lipinski definition) is 2. The second-order valence-corrected chi connectivity index (χ2v) is 6.53. The zero-order valence-corrected chi connectivity index (χ0v) is 13.8. The van der Waals surface area contributed by atoms with Crippen molar-refractivity contribution in [2.45, 2.75) is 46.6 Å². The van der Waals surface area contributed by atoms with Gasteiger partial charge in [-0.05, 0) is 62.1 Å². The molecule has 0 fully saturated rings. The molecule has 1 atom stereocenters. The maximum absolute atomic E-state index is 3.63. The van der Waals surface area contributed by atoms with E-state index in [0.717, 1.165) is 13.0 Å². The van der Waals surface area contributed by atoms with Crippen LogP contribution in [-0.2, 0) is 0 Å². The zero-order valence-electron chi connectivity index (χ0n) is 13.0. The van der Waals surface area contributed by atoms with Crippen molar-refractivity contribution in [2.75, 3.05) is 6.54 Å². The Morgan fingerprint density at radius 3 is 2.50 bits per heavy atom. The van der Waals surface area contributed by atoms with E-state index in [4.69, 9.17) is 0 Å². The van der Waals surface area contributed by atoms with E-state index < -0.39 is 0 Å². The maximum atomic E-state index is 3.63. The fourth-order valence-corrected chi connectivity index (χ4v) is 3.52. The van der Waals surface area contributed by atoms with Gasteiger partial charge in [0.05, 0.1) is 0 Å². The van der Waals surface area contributed by atoms with Gasteiger partial charge in [-0.1, -0.05) is 32.0 Å². The van der Waals surface area contributed by atoms with E-state index in [1.165, 1.54) is 32.9 Å². The van der Waals surface area contributed by atoms with Crippen LogP contribution >= 0.6 is 11.3 Å².